The maximum atomic E-state index is 10.7. The molecule has 3 aromatic heterocycles. The molecule has 12 aromatic rings. The molecule has 3 heterocycles. The van der Waals surface area contributed by atoms with Gasteiger partial charge in [-0.3, -0.25) is 9.59 Å². The van der Waals surface area contributed by atoms with Crippen LogP contribution in [-0.4, -0.2) is 129 Å². The Morgan fingerprint density at radius 1 is 0.291 bits per heavy atom. The van der Waals surface area contributed by atoms with Crippen LogP contribution in [0.1, 0.15) is 67.6 Å². The predicted octanol–water partition coefficient (Wildman–Crippen LogP) is 15.5. The first kappa shape index (κ1) is 91.0. The Kier molecular flexibility index (Phi) is 41.5. The number of halogens is 2. The minimum Gasteiger partial charge on any atom is -1.00 e. The maximum absolute atomic E-state index is 10.7. The van der Waals surface area contributed by atoms with Crippen LogP contribution in [0, 0.1) is 6.92 Å². The monoisotopic (exact) mass is 1860 g/mol. The lowest BCUT2D eigenvalue weighted by molar-refractivity contribution is -0.669. The van der Waals surface area contributed by atoms with Gasteiger partial charge >= 0.3 is 0 Å². The SMILES string of the molecule is CC[n+]1c(/C=C/c2ccc(N(C)CCSSCCN(C)c3ccc(/C=C/c4sc5ccccc5[n+]4CC)cc3)cc2)sc2ccccc21.CC[n+]1c(C)sc2ccccc21.CN(CCSSCCN(C)c1ccc(C=O)cc1)c1ccc(C=O)cc1.CN(CCSSCCN(C)c1ccccc1)c1ccccc1.[I-].[I-]. The number of fused-ring (bicyclic) bond motifs is 3. The van der Waals surface area contributed by atoms with Crippen molar-refractivity contribution in [2.24, 2.45) is 0 Å². The third-order valence-electron chi connectivity index (χ3n) is 18.2. The third-order valence-corrected chi connectivity index (χ3v) is 28.6. The van der Waals surface area contributed by atoms with E-state index in [1.807, 2.05) is 147 Å². The topological polar surface area (TPSA) is 65.2 Å². The molecule has 11 nitrogen and oxygen atoms in total. The Bertz CT molecular complexity index is 4430. The lowest BCUT2D eigenvalue weighted by atomic mass is 10.2. The molecule has 9 aromatic carbocycles. The van der Waals surface area contributed by atoms with Gasteiger partial charge in [-0.25, -0.2) is 0 Å². The lowest BCUT2D eigenvalue weighted by Gasteiger charge is -2.20. The molecular weight excluding hydrogens is 1760 g/mol. The van der Waals surface area contributed by atoms with Crippen molar-refractivity contribution >= 4 is 200 Å². The molecule has 0 unspecified atom stereocenters. The van der Waals surface area contributed by atoms with Crippen LogP contribution in [0.4, 0.5) is 34.1 Å². The quantitative estimate of drug-likeness (QED) is 0.0123. The van der Waals surface area contributed by atoms with Gasteiger partial charge in [-0.05, 0) is 159 Å². The van der Waals surface area contributed by atoms with Gasteiger partial charge in [-0.1, -0.05) is 196 Å². The minimum atomic E-state index is 0. The highest BCUT2D eigenvalue weighted by molar-refractivity contribution is 8.77. The molecule has 0 spiro atoms. The number of aromatic nitrogens is 3. The summed E-state index contributed by atoms with van der Waals surface area (Å²) in [5, 5.41) is 3.96. The predicted molar refractivity (Wildman–Crippen MR) is 489 cm³/mol. The lowest BCUT2D eigenvalue weighted by Crippen LogP contribution is -3.00. The van der Waals surface area contributed by atoms with E-state index in [0.717, 1.165) is 117 Å². The molecule has 0 atom stereocenters. The van der Waals surface area contributed by atoms with Crippen molar-refractivity contribution in [1.29, 1.82) is 0 Å². The maximum Gasteiger partial charge on any atom is 0.262 e. The first-order valence-electron chi connectivity index (χ1n) is 36.7. The summed E-state index contributed by atoms with van der Waals surface area (Å²) < 4.78 is 11.2. The Balaban J connectivity index is 0.000000228. The summed E-state index contributed by atoms with van der Waals surface area (Å²) in [7, 11) is 24.4. The average molecular weight is 1860 g/mol. The second kappa shape index (κ2) is 50.1. The molecule has 22 heteroatoms. The molecule has 0 bridgehead atoms. The minimum absolute atomic E-state index is 0. The normalized spacial score (nSPS) is 10.9. The zero-order chi connectivity index (χ0) is 76.2. The average Bonchev–Trinajstić information content (AvgIpc) is 1.68. The number of aryl methyl sites for hydroxylation is 4. The van der Waals surface area contributed by atoms with Gasteiger partial charge in [0.25, 0.3) is 10.0 Å². The smallest absolute Gasteiger partial charge is 0.262 e. The van der Waals surface area contributed by atoms with Crippen molar-refractivity contribution < 1.29 is 71.2 Å². The summed E-state index contributed by atoms with van der Waals surface area (Å²) in [5.74, 6) is 6.54. The van der Waals surface area contributed by atoms with Gasteiger partial charge in [0.15, 0.2) is 0 Å². The zero-order valence-corrected chi connectivity index (χ0v) is 76.4. The van der Waals surface area contributed by atoms with E-state index in [2.05, 4.69) is 319 Å². The van der Waals surface area contributed by atoms with Crippen molar-refractivity contribution in [3.05, 3.63) is 268 Å². The van der Waals surface area contributed by atoms with Crippen molar-refractivity contribution in [3.8, 4) is 0 Å². The highest BCUT2D eigenvalue weighted by Crippen LogP contribution is 2.29. The van der Waals surface area contributed by atoms with E-state index >= 15 is 0 Å². The van der Waals surface area contributed by atoms with Gasteiger partial charge in [0.1, 0.15) is 46.3 Å². The second-order valence-electron chi connectivity index (χ2n) is 25.5. The molecule has 580 valence electrons. The molecular formula is C88H104I2N9O2S9+. The number of hydrogen-bond donors (Lipinski definition) is 0. The van der Waals surface area contributed by atoms with Crippen LogP contribution in [0.15, 0.2) is 231 Å². The standard InChI is InChI=1S/C40H44N4S4.C20H24N2O2S2.C18H24N2S2.C10H12NS.2HI/c1-5-43-35-11-7-9-13-37(35)47-39(43)25-19-31-15-21-33(22-16-31)41(3)27-29-45-46-30-28-42(4)34-23-17-32(18-24-34)20-26-40-44(6-2)36-12-8-10-14-38(36)48-40;1-21(19-7-3-17(15-23)4-8-19)11-13-25-26-14-12-22(2)20-9-5-18(16-24)6-10-20;1-19(17-9-5-3-6-10-17)13-15-21-22-16-14-20(2)18-11-7-4-8-12-18;1-3-11-8(2)12-10-7-5-4-6-9(10)11;;/h7-26H,5-6,27-30H2,1-4H3;3-10,15-16H,11-14H2,1-2H3;3-12H,13-16H2,1-2H3;4-7H,3H2,1-2H3;2*1H/q+2;;;+1;;/p-2. The van der Waals surface area contributed by atoms with Gasteiger partial charge < -0.3 is 77.4 Å². The van der Waals surface area contributed by atoms with Gasteiger partial charge in [-0.15, -0.1) is 0 Å². The largest absolute Gasteiger partial charge is 1.00 e. The van der Waals surface area contributed by atoms with Crippen LogP contribution in [0.25, 0.3) is 55.0 Å². The van der Waals surface area contributed by atoms with E-state index in [4.69, 9.17) is 0 Å². The van der Waals surface area contributed by atoms with E-state index in [-0.39, 0.29) is 48.0 Å². The number of nitrogens with zero attached hydrogens (tertiary/aromatic N) is 9. The molecule has 0 aliphatic rings. The number of carbonyl (C=O) groups is 2. The molecule has 0 radical (unpaired) electrons. The van der Waals surface area contributed by atoms with E-state index < -0.39 is 0 Å². The summed E-state index contributed by atoms with van der Waals surface area (Å²) in [4.78, 5) is 35.1. The van der Waals surface area contributed by atoms with Crippen LogP contribution >= 0.6 is 98.8 Å². The molecule has 0 fully saturated rings. The molecule has 0 aliphatic heterocycles. The number of anilines is 6. The Morgan fingerprint density at radius 2 is 0.527 bits per heavy atom. The van der Waals surface area contributed by atoms with Crippen LogP contribution in [0.3, 0.4) is 0 Å². The van der Waals surface area contributed by atoms with Gasteiger partial charge in [0.05, 0.1) is 0 Å². The number of benzene rings is 9. The zero-order valence-electron chi connectivity index (χ0n) is 64.8. The van der Waals surface area contributed by atoms with E-state index in [9.17, 15) is 9.59 Å². The number of rotatable bonds is 36. The Hall–Kier alpha value is -6.17. The molecule has 12 rings (SSSR count). The molecule has 0 N–H and O–H groups in total. The second-order valence-corrected chi connectivity index (χ2v) is 37.0. The summed E-state index contributed by atoms with van der Waals surface area (Å²) in [6.45, 7) is 17.9. The van der Waals surface area contributed by atoms with Gasteiger partial charge in [0.2, 0.25) is 21.6 Å². The van der Waals surface area contributed by atoms with E-state index in [0.29, 0.717) is 11.1 Å². The number of carbonyl (C=O) groups excluding carboxylic acids is 2. The fourth-order valence-corrected chi connectivity index (χ4v) is 21.3. The van der Waals surface area contributed by atoms with Crippen LogP contribution in [0.5, 0.6) is 0 Å². The molecule has 0 amide bonds. The number of aldehydes is 2. The first-order valence-corrected chi connectivity index (χ1v) is 46.7. The highest BCUT2D eigenvalue weighted by atomic mass is 127. The van der Waals surface area contributed by atoms with Crippen molar-refractivity contribution in [3.63, 3.8) is 0 Å². The fourth-order valence-electron chi connectivity index (χ4n) is 11.7. The number of para-hydroxylation sites is 5. The number of thiazole rings is 3. The van der Waals surface area contributed by atoms with Crippen LogP contribution < -0.4 is 91.1 Å². The first-order chi connectivity index (χ1) is 52.8. The summed E-state index contributed by atoms with van der Waals surface area (Å²) in [6, 6.07) is 80.1. The Labute approximate surface area is 724 Å². The van der Waals surface area contributed by atoms with Gasteiger partial charge in [0, 0.05) is 199 Å². The summed E-state index contributed by atoms with van der Waals surface area (Å²) >= 11 is 5.57. The van der Waals surface area contributed by atoms with Crippen molar-refractivity contribution in [2.45, 2.75) is 47.3 Å². The highest BCUT2D eigenvalue weighted by Gasteiger charge is 2.19. The van der Waals surface area contributed by atoms with Crippen LogP contribution in [-0.2, 0) is 19.6 Å². The Morgan fingerprint density at radius 3 is 0.800 bits per heavy atom. The number of hydrogen-bond acceptors (Lipinski definition) is 17. The summed E-state index contributed by atoms with van der Waals surface area (Å²) in [5.41, 5.74) is 15.2. The van der Waals surface area contributed by atoms with E-state index in [1.165, 1.54) is 79.5 Å². The van der Waals surface area contributed by atoms with Crippen LogP contribution in [0.2, 0.25) is 0 Å². The molecule has 0 saturated heterocycles. The summed E-state index contributed by atoms with van der Waals surface area (Å²) in [6.07, 6.45) is 10.7. The van der Waals surface area contributed by atoms with Crippen molar-refractivity contribution in [1.82, 2.24) is 0 Å². The van der Waals surface area contributed by atoms with Gasteiger partial charge in [-0.2, -0.15) is 13.7 Å². The van der Waals surface area contributed by atoms with E-state index in [1.54, 1.807) is 0 Å². The molecule has 0 saturated carbocycles. The third kappa shape index (κ3) is 28.7. The molecule has 0 aliphatic carbocycles. The molecule has 110 heavy (non-hydrogen) atoms. The fraction of sp³-hybridized carbons (Fsp3) is 0.284. The van der Waals surface area contributed by atoms with Crippen molar-refractivity contribution in [2.75, 3.05) is 145 Å².